The number of hydrogen-bond donors (Lipinski definition) is 1. The van der Waals surface area contributed by atoms with Gasteiger partial charge < -0.3 is 5.11 Å². The van der Waals surface area contributed by atoms with Crippen LogP contribution in [-0.4, -0.2) is 40.9 Å². The van der Waals surface area contributed by atoms with Gasteiger partial charge in [0, 0.05) is 36.3 Å². The maximum Gasteiger partial charge on any atom is 0.303 e. The first kappa shape index (κ1) is 16.9. The summed E-state index contributed by atoms with van der Waals surface area (Å²) in [6, 6.07) is 6.92. The van der Waals surface area contributed by atoms with E-state index < -0.39 is 21.5 Å². The van der Waals surface area contributed by atoms with Gasteiger partial charge in [0.2, 0.25) is 10.0 Å². The Kier molecular flexibility index (Phi) is 4.09. The molecule has 24 heavy (non-hydrogen) atoms. The monoisotopic (exact) mass is 348 g/mol. The fraction of sp³-hybridized carbons (Fsp3) is 0.412. The van der Waals surface area contributed by atoms with Crippen molar-refractivity contribution in [3.05, 3.63) is 36.7 Å². The molecule has 1 aromatic heterocycles. The zero-order valence-electron chi connectivity index (χ0n) is 13.6. The summed E-state index contributed by atoms with van der Waals surface area (Å²) in [4.78, 5) is 15.3. The van der Waals surface area contributed by atoms with Gasteiger partial charge in [-0.05, 0) is 43.7 Å². The number of carboxylic acids is 1. The minimum Gasteiger partial charge on any atom is -0.481 e. The summed E-state index contributed by atoms with van der Waals surface area (Å²) in [5, 5.41) is 10.5. The highest BCUT2D eigenvalue weighted by molar-refractivity contribution is 7.89. The summed E-state index contributed by atoms with van der Waals surface area (Å²) in [5.41, 5.74) is -0.748. The average Bonchev–Trinajstić information content (AvgIpc) is 2.81. The van der Waals surface area contributed by atoms with Gasteiger partial charge in [-0.2, -0.15) is 4.31 Å². The van der Waals surface area contributed by atoms with E-state index in [0.29, 0.717) is 18.4 Å². The molecule has 0 spiro atoms. The molecule has 1 atom stereocenters. The smallest absolute Gasteiger partial charge is 0.303 e. The number of carbonyl (C=O) groups is 1. The normalized spacial score (nSPS) is 21.2. The number of aliphatic carboxylic acids is 1. The van der Waals surface area contributed by atoms with Gasteiger partial charge >= 0.3 is 5.97 Å². The molecule has 0 aliphatic carbocycles. The summed E-state index contributed by atoms with van der Waals surface area (Å²) < 4.78 is 27.9. The van der Waals surface area contributed by atoms with Crippen molar-refractivity contribution >= 4 is 26.8 Å². The molecule has 2 aromatic rings. The Morgan fingerprint density at radius 1 is 1.38 bits per heavy atom. The number of nitrogens with zero attached hydrogens (tertiary/aromatic N) is 2. The van der Waals surface area contributed by atoms with Crippen LogP contribution in [0, 0.1) is 5.92 Å². The predicted molar refractivity (Wildman–Crippen MR) is 90.1 cm³/mol. The molecule has 0 radical (unpaired) electrons. The van der Waals surface area contributed by atoms with E-state index in [4.69, 9.17) is 5.11 Å². The van der Waals surface area contributed by atoms with E-state index in [-0.39, 0.29) is 17.2 Å². The van der Waals surface area contributed by atoms with Gasteiger partial charge in [0.05, 0.1) is 4.90 Å². The van der Waals surface area contributed by atoms with Crippen molar-refractivity contribution in [3.63, 3.8) is 0 Å². The first-order chi connectivity index (χ1) is 11.2. The van der Waals surface area contributed by atoms with Crippen molar-refractivity contribution in [3.8, 4) is 0 Å². The summed E-state index contributed by atoms with van der Waals surface area (Å²) in [5.74, 6) is -1.11. The van der Waals surface area contributed by atoms with Crippen molar-refractivity contribution in [1.29, 1.82) is 0 Å². The molecule has 6 nitrogen and oxygen atoms in total. The maximum atomic E-state index is 13.2. The van der Waals surface area contributed by atoms with E-state index >= 15 is 0 Å². The maximum absolute atomic E-state index is 13.2. The van der Waals surface area contributed by atoms with Crippen molar-refractivity contribution in [2.75, 3.05) is 6.54 Å². The van der Waals surface area contributed by atoms with Crippen LogP contribution >= 0.6 is 0 Å². The topological polar surface area (TPSA) is 87.6 Å². The number of rotatable bonds is 4. The number of carboxylic acid groups (broad SMARTS) is 1. The van der Waals surface area contributed by atoms with Crippen molar-refractivity contribution < 1.29 is 18.3 Å². The second-order valence-electron chi connectivity index (χ2n) is 6.67. The first-order valence-electron chi connectivity index (χ1n) is 7.82. The SMILES string of the molecule is CC1(C)C(CC(=O)O)CCN1S(=O)(=O)c1cccc2ccncc12. The third-order valence-corrected chi connectivity index (χ3v) is 7.10. The molecule has 3 rings (SSSR count). The summed E-state index contributed by atoms with van der Waals surface area (Å²) in [7, 11) is -3.74. The van der Waals surface area contributed by atoms with Gasteiger partial charge in [-0.25, -0.2) is 8.42 Å². The number of pyridine rings is 1. The van der Waals surface area contributed by atoms with E-state index in [9.17, 15) is 13.2 Å². The highest BCUT2D eigenvalue weighted by Crippen LogP contribution is 2.41. The lowest BCUT2D eigenvalue weighted by atomic mass is 9.87. The highest BCUT2D eigenvalue weighted by Gasteiger charge is 2.48. The molecule has 1 fully saturated rings. The Balaban J connectivity index is 2.06. The average molecular weight is 348 g/mol. The lowest BCUT2D eigenvalue weighted by Crippen LogP contribution is -2.46. The largest absolute Gasteiger partial charge is 0.481 e. The molecule has 1 aliphatic rings. The van der Waals surface area contributed by atoms with Gasteiger partial charge in [0.15, 0.2) is 0 Å². The van der Waals surface area contributed by atoms with Crippen LogP contribution in [0.2, 0.25) is 0 Å². The van der Waals surface area contributed by atoms with Crippen LogP contribution in [0.3, 0.4) is 0 Å². The summed E-state index contributed by atoms with van der Waals surface area (Å²) >= 11 is 0. The lowest BCUT2D eigenvalue weighted by molar-refractivity contribution is -0.138. The fourth-order valence-corrected chi connectivity index (χ4v) is 5.59. The van der Waals surface area contributed by atoms with E-state index in [0.717, 1.165) is 5.39 Å². The molecule has 1 N–H and O–H groups in total. The van der Waals surface area contributed by atoms with Crippen molar-refractivity contribution in [1.82, 2.24) is 9.29 Å². The number of hydrogen-bond acceptors (Lipinski definition) is 4. The predicted octanol–water partition coefficient (Wildman–Crippen LogP) is 2.50. The van der Waals surface area contributed by atoms with Gasteiger partial charge in [0.25, 0.3) is 0 Å². The first-order valence-corrected chi connectivity index (χ1v) is 9.26. The number of aromatic nitrogens is 1. The van der Waals surface area contributed by atoms with E-state index in [1.807, 2.05) is 6.07 Å². The fourth-order valence-electron chi connectivity index (χ4n) is 3.54. The second-order valence-corrected chi connectivity index (χ2v) is 8.50. The van der Waals surface area contributed by atoms with Gasteiger partial charge in [-0.3, -0.25) is 9.78 Å². The number of sulfonamides is 1. The number of fused-ring (bicyclic) bond motifs is 1. The highest BCUT2D eigenvalue weighted by atomic mass is 32.2. The van der Waals surface area contributed by atoms with Crippen LogP contribution < -0.4 is 0 Å². The molecule has 1 aromatic carbocycles. The van der Waals surface area contributed by atoms with Crippen molar-refractivity contribution in [2.45, 2.75) is 37.1 Å². The van der Waals surface area contributed by atoms with Crippen LogP contribution in [-0.2, 0) is 14.8 Å². The molecule has 0 bridgehead atoms. The van der Waals surface area contributed by atoms with E-state index in [1.165, 1.54) is 4.31 Å². The summed E-state index contributed by atoms with van der Waals surface area (Å²) in [6.45, 7) is 3.92. The molecule has 1 unspecified atom stereocenters. The molecule has 1 aliphatic heterocycles. The standard InChI is InChI=1S/C17H20N2O4S/c1-17(2)13(10-16(20)21)7-9-19(17)24(22,23)15-5-3-4-12-6-8-18-11-14(12)15/h3-6,8,11,13H,7,9-10H2,1-2H3,(H,20,21). The van der Waals surface area contributed by atoms with E-state index in [2.05, 4.69) is 4.98 Å². The van der Waals surface area contributed by atoms with Gasteiger partial charge in [-0.15, -0.1) is 0 Å². The molecule has 0 amide bonds. The third kappa shape index (κ3) is 2.67. The Bertz CT molecular complexity index is 887. The van der Waals surface area contributed by atoms with Crippen LogP contribution in [0.1, 0.15) is 26.7 Å². The summed E-state index contributed by atoms with van der Waals surface area (Å²) in [6.07, 6.45) is 3.69. The van der Waals surface area contributed by atoms with Crippen LogP contribution in [0.5, 0.6) is 0 Å². The molecule has 2 heterocycles. The molecule has 128 valence electrons. The Hall–Kier alpha value is -1.99. The lowest BCUT2D eigenvalue weighted by Gasteiger charge is -2.34. The zero-order valence-corrected chi connectivity index (χ0v) is 14.5. The van der Waals surface area contributed by atoms with Gasteiger partial charge in [0.1, 0.15) is 0 Å². The van der Waals surface area contributed by atoms with Crippen molar-refractivity contribution in [2.24, 2.45) is 5.92 Å². The molecule has 7 heteroatoms. The second kappa shape index (κ2) is 5.82. The molecule has 1 saturated heterocycles. The van der Waals surface area contributed by atoms with Crippen LogP contribution in [0.4, 0.5) is 0 Å². The van der Waals surface area contributed by atoms with E-state index in [1.54, 1.807) is 44.4 Å². The Morgan fingerprint density at radius 3 is 2.83 bits per heavy atom. The number of benzene rings is 1. The molecule has 0 saturated carbocycles. The molecular formula is C17H20N2O4S. The minimum absolute atomic E-state index is 0.0316. The van der Waals surface area contributed by atoms with Crippen LogP contribution in [0.15, 0.2) is 41.6 Å². The Morgan fingerprint density at radius 2 is 2.12 bits per heavy atom. The zero-order chi connectivity index (χ0) is 17.5. The molecular weight excluding hydrogens is 328 g/mol. The Labute approximate surface area is 141 Å². The minimum atomic E-state index is -3.74. The van der Waals surface area contributed by atoms with Gasteiger partial charge in [-0.1, -0.05) is 12.1 Å². The quantitative estimate of drug-likeness (QED) is 0.917. The third-order valence-electron chi connectivity index (χ3n) is 4.96. The van der Waals surface area contributed by atoms with Crippen LogP contribution in [0.25, 0.3) is 10.8 Å².